The molecule has 1 aliphatic rings. The highest BCUT2D eigenvalue weighted by molar-refractivity contribution is 5.91. The Labute approximate surface area is 160 Å². The van der Waals surface area contributed by atoms with Gasteiger partial charge in [-0.1, -0.05) is 36.4 Å². The number of carbonyl (C=O) groups is 1. The number of anilines is 1. The number of likely N-dealkylation sites (tertiary alicyclic amines) is 1. The Bertz CT molecular complexity index is 741. The van der Waals surface area contributed by atoms with Crippen molar-refractivity contribution in [1.29, 1.82) is 0 Å². The number of rotatable bonds is 5. The number of hydrogen-bond acceptors (Lipinski definition) is 3. The number of nitrogens with zero attached hydrogens (tertiary/aromatic N) is 1. The number of nitrogens with one attached hydrogen (secondary N) is 1. The molecule has 1 aliphatic heterocycles. The molecule has 4 nitrogen and oxygen atoms in total. The minimum Gasteiger partial charge on any atom is -0.326 e. The second kappa shape index (κ2) is 9.12. The molecule has 0 bridgehead atoms. The summed E-state index contributed by atoms with van der Waals surface area (Å²) in [6, 6.07) is 15.0. The second-order valence-electron chi connectivity index (χ2n) is 6.65. The van der Waals surface area contributed by atoms with E-state index < -0.39 is 0 Å². The fraction of sp³-hybridized carbons (Fsp3) is 0.350. The summed E-state index contributed by atoms with van der Waals surface area (Å²) in [6.45, 7) is 3.95. The molecule has 3 rings (SSSR count). The number of benzene rings is 2. The average Bonchev–Trinajstić information content (AvgIpc) is 2.99. The van der Waals surface area contributed by atoms with Crippen LogP contribution in [-0.4, -0.2) is 36.5 Å². The van der Waals surface area contributed by atoms with Gasteiger partial charge in [-0.3, -0.25) is 4.79 Å². The molecule has 1 saturated heterocycles. The largest absolute Gasteiger partial charge is 0.326 e. The highest BCUT2D eigenvalue weighted by Gasteiger charge is 2.31. The normalized spacial score (nSPS) is 19.8. The summed E-state index contributed by atoms with van der Waals surface area (Å²) in [7, 11) is 0. The highest BCUT2D eigenvalue weighted by atomic mass is 35.5. The number of hydrogen-bond donors (Lipinski definition) is 2. The van der Waals surface area contributed by atoms with Crippen LogP contribution < -0.4 is 11.1 Å². The van der Waals surface area contributed by atoms with Crippen LogP contribution in [0.1, 0.15) is 23.5 Å². The van der Waals surface area contributed by atoms with Crippen LogP contribution in [0.4, 0.5) is 10.1 Å². The zero-order valence-corrected chi connectivity index (χ0v) is 15.6. The first-order valence-corrected chi connectivity index (χ1v) is 8.62. The van der Waals surface area contributed by atoms with Gasteiger partial charge in [-0.25, -0.2) is 4.39 Å². The first-order valence-electron chi connectivity index (χ1n) is 8.62. The van der Waals surface area contributed by atoms with Gasteiger partial charge in [0.15, 0.2) is 0 Å². The predicted octanol–water partition coefficient (Wildman–Crippen LogP) is 3.31. The molecule has 1 amide bonds. The van der Waals surface area contributed by atoms with Crippen molar-refractivity contribution in [3.63, 3.8) is 0 Å². The van der Waals surface area contributed by atoms with E-state index in [-0.39, 0.29) is 30.2 Å². The summed E-state index contributed by atoms with van der Waals surface area (Å²) in [6.07, 6.45) is 0.365. The van der Waals surface area contributed by atoms with Gasteiger partial charge >= 0.3 is 0 Å². The number of nitrogens with two attached hydrogens (primary N) is 1. The summed E-state index contributed by atoms with van der Waals surface area (Å²) in [5.74, 6) is -0.117. The lowest BCUT2D eigenvalue weighted by Crippen LogP contribution is -2.30. The van der Waals surface area contributed by atoms with Gasteiger partial charge in [0.2, 0.25) is 5.91 Å². The lowest BCUT2D eigenvalue weighted by molar-refractivity contribution is -0.116. The fourth-order valence-corrected chi connectivity index (χ4v) is 3.36. The van der Waals surface area contributed by atoms with Crippen LogP contribution in [0.25, 0.3) is 0 Å². The lowest BCUT2D eigenvalue weighted by atomic mass is 9.95. The van der Waals surface area contributed by atoms with Crippen molar-refractivity contribution in [2.75, 3.05) is 25.0 Å². The average molecular weight is 378 g/mol. The SMILES string of the molecule is Cc1c(F)cccc1NC(=O)CCN1C[C@@H](N)[C@H](c2ccccc2)C1.Cl. The van der Waals surface area contributed by atoms with Crippen LogP contribution in [0, 0.1) is 12.7 Å². The van der Waals surface area contributed by atoms with Crippen molar-refractivity contribution in [3.8, 4) is 0 Å². The third kappa shape index (κ3) is 4.81. The van der Waals surface area contributed by atoms with E-state index in [0.29, 0.717) is 30.1 Å². The fourth-order valence-electron chi connectivity index (χ4n) is 3.36. The van der Waals surface area contributed by atoms with Gasteiger partial charge in [-0.15, -0.1) is 12.4 Å². The number of amides is 1. The van der Waals surface area contributed by atoms with E-state index >= 15 is 0 Å². The Morgan fingerprint density at radius 1 is 1.19 bits per heavy atom. The summed E-state index contributed by atoms with van der Waals surface area (Å²) >= 11 is 0. The zero-order chi connectivity index (χ0) is 17.8. The maximum atomic E-state index is 13.5. The summed E-state index contributed by atoms with van der Waals surface area (Å²) in [5.41, 5.74) is 8.53. The lowest BCUT2D eigenvalue weighted by Gasteiger charge is -2.16. The Morgan fingerprint density at radius 3 is 2.65 bits per heavy atom. The predicted molar refractivity (Wildman–Crippen MR) is 105 cm³/mol. The van der Waals surface area contributed by atoms with Crippen LogP contribution in [0.3, 0.4) is 0 Å². The van der Waals surface area contributed by atoms with Gasteiger partial charge in [0.05, 0.1) is 0 Å². The maximum Gasteiger partial charge on any atom is 0.225 e. The van der Waals surface area contributed by atoms with Crippen molar-refractivity contribution in [2.45, 2.75) is 25.3 Å². The van der Waals surface area contributed by atoms with Crippen LogP contribution in [0.2, 0.25) is 0 Å². The summed E-state index contributed by atoms with van der Waals surface area (Å²) in [4.78, 5) is 14.4. The van der Waals surface area contributed by atoms with Crippen molar-refractivity contribution in [3.05, 3.63) is 65.5 Å². The van der Waals surface area contributed by atoms with E-state index in [1.54, 1.807) is 19.1 Å². The monoisotopic (exact) mass is 377 g/mol. The van der Waals surface area contributed by atoms with Crippen molar-refractivity contribution in [1.82, 2.24) is 4.90 Å². The van der Waals surface area contributed by atoms with Crippen LogP contribution in [-0.2, 0) is 4.79 Å². The molecule has 1 heterocycles. The second-order valence-corrected chi connectivity index (χ2v) is 6.65. The molecule has 1 fully saturated rings. The first-order chi connectivity index (χ1) is 12.0. The molecule has 0 aliphatic carbocycles. The molecule has 2 aromatic carbocycles. The van der Waals surface area contributed by atoms with Gasteiger partial charge in [0, 0.05) is 49.3 Å². The van der Waals surface area contributed by atoms with Gasteiger partial charge in [-0.2, -0.15) is 0 Å². The van der Waals surface area contributed by atoms with Crippen molar-refractivity contribution in [2.24, 2.45) is 5.73 Å². The molecule has 26 heavy (non-hydrogen) atoms. The molecular weight excluding hydrogens is 353 g/mol. The van der Waals surface area contributed by atoms with E-state index in [0.717, 1.165) is 13.1 Å². The molecule has 0 radical (unpaired) electrons. The molecule has 6 heteroatoms. The third-order valence-electron chi connectivity index (χ3n) is 4.87. The van der Waals surface area contributed by atoms with E-state index in [1.807, 2.05) is 18.2 Å². The highest BCUT2D eigenvalue weighted by Crippen LogP contribution is 2.26. The molecular formula is C20H25ClFN3O. The molecule has 0 aromatic heterocycles. The molecule has 0 unspecified atom stereocenters. The van der Waals surface area contributed by atoms with Gasteiger partial charge in [0.25, 0.3) is 0 Å². The molecule has 2 atom stereocenters. The van der Waals surface area contributed by atoms with Gasteiger partial charge in [0.1, 0.15) is 5.82 Å². The van der Waals surface area contributed by atoms with Gasteiger partial charge < -0.3 is 16.0 Å². The minimum absolute atomic E-state index is 0. The van der Waals surface area contributed by atoms with Crippen LogP contribution >= 0.6 is 12.4 Å². The summed E-state index contributed by atoms with van der Waals surface area (Å²) < 4.78 is 13.5. The third-order valence-corrected chi connectivity index (χ3v) is 4.87. The Morgan fingerprint density at radius 2 is 1.92 bits per heavy atom. The molecule has 0 spiro atoms. The summed E-state index contributed by atoms with van der Waals surface area (Å²) in [5, 5.41) is 2.79. The molecule has 140 valence electrons. The van der Waals surface area contributed by atoms with E-state index in [1.165, 1.54) is 11.6 Å². The minimum atomic E-state index is -0.311. The van der Waals surface area contributed by atoms with Crippen LogP contribution in [0.15, 0.2) is 48.5 Å². The number of halogens is 2. The first kappa shape index (κ1) is 20.4. The van der Waals surface area contributed by atoms with Crippen molar-refractivity contribution >= 4 is 24.0 Å². The molecule has 3 N–H and O–H groups in total. The van der Waals surface area contributed by atoms with E-state index in [2.05, 4.69) is 22.3 Å². The Balaban J connectivity index is 0.00000243. The maximum absolute atomic E-state index is 13.5. The standard InChI is InChI=1S/C20H24FN3O.ClH/c1-14-17(21)8-5-9-19(14)23-20(25)10-11-24-12-16(18(22)13-24)15-6-3-2-4-7-15;/h2-9,16,18H,10-13,22H2,1H3,(H,23,25);1H/t16-,18+;/m0./s1. The quantitative estimate of drug-likeness (QED) is 0.840. The van der Waals surface area contributed by atoms with Crippen molar-refractivity contribution < 1.29 is 9.18 Å². The zero-order valence-electron chi connectivity index (χ0n) is 14.8. The Kier molecular flexibility index (Phi) is 7.14. The molecule has 0 saturated carbocycles. The van der Waals surface area contributed by atoms with E-state index in [4.69, 9.17) is 5.73 Å². The van der Waals surface area contributed by atoms with Gasteiger partial charge in [-0.05, 0) is 24.6 Å². The number of carbonyl (C=O) groups excluding carboxylic acids is 1. The van der Waals surface area contributed by atoms with Crippen LogP contribution in [0.5, 0.6) is 0 Å². The Hall–Kier alpha value is -1.95. The topological polar surface area (TPSA) is 58.4 Å². The van der Waals surface area contributed by atoms with E-state index in [9.17, 15) is 9.18 Å². The molecule has 2 aromatic rings. The smallest absolute Gasteiger partial charge is 0.225 e.